The lowest BCUT2D eigenvalue weighted by molar-refractivity contribution is 0.112. The average molecular weight is 159 g/mol. The molecule has 0 atom stereocenters. The molecule has 0 radical (unpaired) electrons. The molecule has 0 aliphatic heterocycles. The van der Waals surface area contributed by atoms with E-state index in [0.29, 0.717) is 11.1 Å². The molecule has 60 valence electrons. The molecule has 0 spiro atoms. The Morgan fingerprint density at radius 1 is 1.42 bits per heavy atom. The van der Waals surface area contributed by atoms with E-state index in [1.807, 2.05) is 13.8 Å². The van der Waals surface area contributed by atoms with Crippen molar-refractivity contribution in [2.24, 2.45) is 0 Å². The van der Waals surface area contributed by atoms with Gasteiger partial charge in [0, 0.05) is 5.56 Å². The summed E-state index contributed by atoms with van der Waals surface area (Å²) in [5.74, 6) is 0. The maximum Gasteiger partial charge on any atom is 0.150 e. The van der Waals surface area contributed by atoms with Crippen molar-refractivity contribution in [3.8, 4) is 6.07 Å². The van der Waals surface area contributed by atoms with Gasteiger partial charge < -0.3 is 0 Å². The summed E-state index contributed by atoms with van der Waals surface area (Å²) < 4.78 is 0. The maximum absolute atomic E-state index is 10.4. The SMILES string of the molecule is Cc1cc(C=O)cc(C#N)c1C. The minimum absolute atomic E-state index is 0.564. The van der Waals surface area contributed by atoms with Crippen molar-refractivity contribution in [2.45, 2.75) is 13.8 Å². The van der Waals surface area contributed by atoms with Gasteiger partial charge in [0.05, 0.1) is 11.6 Å². The van der Waals surface area contributed by atoms with Gasteiger partial charge in [-0.15, -0.1) is 0 Å². The van der Waals surface area contributed by atoms with Gasteiger partial charge in [0.1, 0.15) is 6.29 Å². The van der Waals surface area contributed by atoms with Gasteiger partial charge in [-0.05, 0) is 37.1 Å². The van der Waals surface area contributed by atoms with Crippen LogP contribution in [-0.4, -0.2) is 6.29 Å². The number of carbonyl (C=O) groups excluding carboxylic acids is 1. The highest BCUT2D eigenvalue weighted by Crippen LogP contribution is 2.13. The van der Waals surface area contributed by atoms with E-state index < -0.39 is 0 Å². The molecule has 0 saturated heterocycles. The summed E-state index contributed by atoms with van der Waals surface area (Å²) in [6, 6.07) is 5.44. The molecule has 0 saturated carbocycles. The first-order chi connectivity index (χ1) is 5.69. The van der Waals surface area contributed by atoms with E-state index in [0.717, 1.165) is 17.4 Å². The van der Waals surface area contributed by atoms with E-state index >= 15 is 0 Å². The van der Waals surface area contributed by atoms with Crippen molar-refractivity contribution in [2.75, 3.05) is 0 Å². The molecular formula is C10H9NO. The van der Waals surface area contributed by atoms with Crippen LogP contribution in [0, 0.1) is 25.2 Å². The van der Waals surface area contributed by atoms with Crippen LogP contribution in [0.1, 0.15) is 27.0 Å². The zero-order valence-electron chi connectivity index (χ0n) is 7.09. The number of aryl methyl sites for hydroxylation is 1. The van der Waals surface area contributed by atoms with Crippen LogP contribution in [0.15, 0.2) is 12.1 Å². The van der Waals surface area contributed by atoms with E-state index in [-0.39, 0.29) is 0 Å². The van der Waals surface area contributed by atoms with E-state index in [4.69, 9.17) is 5.26 Å². The Kier molecular flexibility index (Phi) is 2.25. The fourth-order valence-corrected chi connectivity index (χ4v) is 1.07. The standard InChI is InChI=1S/C10H9NO/c1-7-3-9(6-12)4-10(5-11)8(7)2/h3-4,6H,1-2H3. The van der Waals surface area contributed by atoms with E-state index in [9.17, 15) is 4.79 Å². The second-order valence-corrected chi connectivity index (χ2v) is 2.74. The van der Waals surface area contributed by atoms with Crippen LogP contribution in [0.4, 0.5) is 0 Å². The van der Waals surface area contributed by atoms with Crippen LogP contribution in [0.5, 0.6) is 0 Å². The number of rotatable bonds is 1. The Balaban J connectivity index is 3.41. The predicted octanol–water partition coefficient (Wildman–Crippen LogP) is 1.99. The van der Waals surface area contributed by atoms with E-state index in [2.05, 4.69) is 6.07 Å². The summed E-state index contributed by atoms with van der Waals surface area (Å²) in [6.45, 7) is 3.77. The molecule has 0 aromatic heterocycles. The minimum Gasteiger partial charge on any atom is -0.298 e. The number of carbonyl (C=O) groups is 1. The smallest absolute Gasteiger partial charge is 0.150 e. The summed E-state index contributed by atoms with van der Waals surface area (Å²) in [5.41, 5.74) is 3.08. The zero-order valence-corrected chi connectivity index (χ0v) is 7.09. The normalized spacial score (nSPS) is 9.08. The third-order valence-electron chi connectivity index (χ3n) is 1.95. The molecule has 0 amide bonds. The molecule has 1 rings (SSSR count). The van der Waals surface area contributed by atoms with Gasteiger partial charge in [0.2, 0.25) is 0 Å². The molecule has 0 unspecified atom stereocenters. The summed E-state index contributed by atoms with van der Waals surface area (Å²) >= 11 is 0. The highest BCUT2D eigenvalue weighted by atomic mass is 16.1. The summed E-state index contributed by atoms with van der Waals surface area (Å²) in [6.07, 6.45) is 0.757. The second kappa shape index (κ2) is 3.19. The Hall–Kier alpha value is -1.62. The largest absolute Gasteiger partial charge is 0.298 e. The topological polar surface area (TPSA) is 40.9 Å². The fraction of sp³-hybridized carbons (Fsp3) is 0.200. The number of nitriles is 1. The van der Waals surface area contributed by atoms with Crippen molar-refractivity contribution in [1.29, 1.82) is 5.26 Å². The van der Waals surface area contributed by atoms with Crippen molar-refractivity contribution in [3.05, 3.63) is 34.4 Å². The quantitative estimate of drug-likeness (QED) is 0.588. The first kappa shape index (κ1) is 8.48. The average Bonchev–Trinajstić information content (AvgIpc) is 2.09. The molecular weight excluding hydrogens is 150 g/mol. The van der Waals surface area contributed by atoms with Crippen LogP contribution in [0.2, 0.25) is 0 Å². The number of hydrogen-bond donors (Lipinski definition) is 0. The Bertz CT molecular complexity index is 361. The Morgan fingerprint density at radius 2 is 2.08 bits per heavy atom. The lowest BCUT2D eigenvalue weighted by atomic mass is 10.0. The third-order valence-corrected chi connectivity index (χ3v) is 1.95. The van der Waals surface area contributed by atoms with Gasteiger partial charge in [0.25, 0.3) is 0 Å². The van der Waals surface area contributed by atoms with Gasteiger partial charge in [-0.3, -0.25) is 4.79 Å². The Morgan fingerprint density at radius 3 is 2.58 bits per heavy atom. The molecule has 1 aromatic rings. The van der Waals surface area contributed by atoms with Gasteiger partial charge in [0.15, 0.2) is 0 Å². The van der Waals surface area contributed by atoms with Crippen molar-refractivity contribution in [3.63, 3.8) is 0 Å². The van der Waals surface area contributed by atoms with Crippen molar-refractivity contribution in [1.82, 2.24) is 0 Å². The predicted molar refractivity (Wildman–Crippen MR) is 46.0 cm³/mol. The molecule has 0 fully saturated rings. The highest BCUT2D eigenvalue weighted by Gasteiger charge is 2.02. The summed E-state index contributed by atoms with van der Waals surface area (Å²) in [5, 5.41) is 8.70. The number of nitrogens with zero attached hydrogens (tertiary/aromatic N) is 1. The molecule has 0 N–H and O–H groups in total. The summed E-state index contributed by atoms with van der Waals surface area (Å²) in [4.78, 5) is 10.4. The minimum atomic E-state index is 0.564. The van der Waals surface area contributed by atoms with Crippen LogP contribution >= 0.6 is 0 Å². The molecule has 12 heavy (non-hydrogen) atoms. The van der Waals surface area contributed by atoms with E-state index in [1.165, 1.54) is 0 Å². The van der Waals surface area contributed by atoms with Crippen molar-refractivity contribution < 1.29 is 4.79 Å². The van der Waals surface area contributed by atoms with Gasteiger partial charge in [-0.1, -0.05) is 0 Å². The Labute approximate surface area is 71.4 Å². The first-order valence-electron chi connectivity index (χ1n) is 3.65. The van der Waals surface area contributed by atoms with Crippen molar-refractivity contribution >= 4 is 6.29 Å². The molecule has 0 aliphatic carbocycles. The highest BCUT2D eigenvalue weighted by molar-refractivity contribution is 5.76. The lowest BCUT2D eigenvalue weighted by Crippen LogP contribution is -1.90. The molecule has 2 nitrogen and oxygen atoms in total. The molecule has 2 heteroatoms. The fourth-order valence-electron chi connectivity index (χ4n) is 1.07. The van der Waals surface area contributed by atoms with Crippen LogP contribution in [0.3, 0.4) is 0 Å². The lowest BCUT2D eigenvalue weighted by Gasteiger charge is -2.02. The van der Waals surface area contributed by atoms with Crippen LogP contribution in [-0.2, 0) is 0 Å². The van der Waals surface area contributed by atoms with Gasteiger partial charge >= 0.3 is 0 Å². The molecule has 1 aromatic carbocycles. The molecule has 0 bridgehead atoms. The van der Waals surface area contributed by atoms with Crippen LogP contribution in [0.25, 0.3) is 0 Å². The van der Waals surface area contributed by atoms with Crippen LogP contribution < -0.4 is 0 Å². The first-order valence-corrected chi connectivity index (χ1v) is 3.65. The number of aldehydes is 1. The maximum atomic E-state index is 10.4. The zero-order chi connectivity index (χ0) is 9.14. The molecule has 0 heterocycles. The second-order valence-electron chi connectivity index (χ2n) is 2.74. The van der Waals surface area contributed by atoms with E-state index in [1.54, 1.807) is 12.1 Å². The summed E-state index contributed by atoms with van der Waals surface area (Å²) in [7, 11) is 0. The van der Waals surface area contributed by atoms with Gasteiger partial charge in [-0.2, -0.15) is 5.26 Å². The molecule has 0 aliphatic rings. The monoisotopic (exact) mass is 159 g/mol. The number of benzene rings is 1. The van der Waals surface area contributed by atoms with Gasteiger partial charge in [-0.25, -0.2) is 0 Å². The third kappa shape index (κ3) is 1.35. The number of hydrogen-bond acceptors (Lipinski definition) is 2.